The molecule has 1 amide bonds. The molecule has 0 radical (unpaired) electrons. The van der Waals surface area contributed by atoms with Crippen LogP contribution < -0.4 is 5.32 Å². The number of nitrogens with one attached hydrogen (secondary N) is 1. The first-order valence-corrected chi connectivity index (χ1v) is 4.91. The lowest BCUT2D eigenvalue weighted by Gasteiger charge is -2.04. The van der Waals surface area contributed by atoms with E-state index in [2.05, 4.69) is 15.4 Å². The minimum atomic E-state index is -0.266. The summed E-state index contributed by atoms with van der Waals surface area (Å²) in [5.41, 5.74) is 1.54. The summed E-state index contributed by atoms with van der Waals surface area (Å²) in [6.07, 6.45) is 1.61. The predicted octanol–water partition coefficient (Wildman–Crippen LogP) is 1.22. The van der Waals surface area contributed by atoms with Crippen molar-refractivity contribution in [2.24, 2.45) is 0 Å². The van der Waals surface area contributed by atoms with Crippen molar-refractivity contribution >= 4 is 29.0 Å². The summed E-state index contributed by atoms with van der Waals surface area (Å²) in [7, 11) is 0. The standard InChI is InChI=1S/C9H9ClN4O/c1-6-4-8-11-3-2-7(14(8)13-6)12-9(15)5-10/h2-4H,5H2,1H3,(H,12,15). The number of aryl methyl sites for hydroxylation is 1. The van der Waals surface area contributed by atoms with Crippen LogP contribution in [0.25, 0.3) is 5.65 Å². The zero-order valence-electron chi connectivity index (χ0n) is 8.07. The molecule has 6 heteroatoms. The average Bonchev–Trinajstić information content (AvgIpc) is 2.59. The maximum absolute atomic E-state index is 11.1. The van der Waals surface area contributed by atoms with Crippen LogP contribution in [0.1, 0.15) is 5.69 Å². The first kappa shape index (κ1) is 9.92. The van der Waals surface area contributed by atoms with E-state index in [1.807, 2.05) is 13.0 Å². The molecule has 2 aromatic rings. The van der Waals surface area contributed by atoms with E-state index in [-0.39, 0.29) is 11.8 Å². The molecular formula is C9H9ClN4O. The third-order valence-corrected chi connectivity index (χ3v) is 2.11. The van der Waals surface area contributed by atoms with Gasteiger partial charge in [-0.1, -0.05) is 0 Å². The van der Waals surface area contributed by atoms with Gasteiger partial charge in [0.05, 0.1) is 5.69 Å². The highest BCUT2D eigenvalue weighted by Crippen LogP contribution is 2.10. The van der Waals surface area contributed by atoms with E-state index < -0.39 is 0 Å². The van der Waals surface area contributed by atoms with Crippen LogP contribution in [0, 0.1) is 6.92 Å². The Morgan fingerprint density at radius 3 is 3.20 bits per heavy atom. The van der Waals surface area contributed by atoms with Crippen LogP contribution in [0.3, 0.4) is 0 Å². The summed E-state index contributed by atoms with van der Waals surface area (Å²) in [5, 5.41) is 6.83. The van der Waals surface area contributed by atoms with Gasteiger partial charge in [-0.25, -0.2) is 4.98 Å². The Balaban J connectivity index is 2.46. The SMILES string of the molecule is Cc1cc2nccc(NC(=O)CCl)n2n1. The summed E-state index contributed by atoms with van der Waals surface area (Å²) in [5.74, 6) is 0.223. The van der Waals surface area contributed by atoms with Gasteiger partial charge in [-0.05, 0) is 13.0 Å². The molecule has 0 aliphatic heterocycles. The van der Waals surface area contributed by atoms with Gasteiger partial charge in [0.15, 0.2) is 5.65 Å². The van der Waals surface area contributed by atoms with Crippen LogP contribution >= 0.6 is 11.6 Å². The number of fused-ring (bicyclic) bond motifs is 1. The minimum absolute atomic E-state index is 0.0793. The highest BCUT2D eigenvalue weighted by Gasteiger charge is 2.06. The average molecular weight is 225 g/mol. The van der Waals surface area contributed by atoms with Gasteiger partial charge in [0.1, 0.15) is 11.7 Å². The quantitative estimate of drug-likeness (QED) is 0.781. The van der Waals surface area contributed by atoms with Gasteiger partial charge in [0.2, 0.25) is 5.91 Å². The van der Waals surface area contributed by atoms with E-state index in [0.717, 1.165) is 5.69 Å². The number of halogens is 1. The molecule has 0 aliphatic carbocycles. The molecule has 2 rings (SSSR count). The smallest absolute Gasteiger partial charge is 0.240 e. The first-order valence-electron chi connectivity index (χ1n) is 4.38. The van der Waals surface area contributed by atoms with Crippen LogP contribution in [-0.4, -0.2) is 26.4 Å². The molecule has 1 N–H and O–H groups in total. The predicted molar refractivity (Wildman–Crippen MR) is 57.1 cm³/mol. The van der Waals surface area contributed by atoms with Crippen LogP contribution in [0.15, 0.2) is 18.3 Å². The number of hydrogen-bond acceptors (Lipinski definition) is 3. The normalized spacial score (nSPS) is 10.5. The maximum atomic E-state index is 11.1. The zero-order chi connectivity index (χ0) is 10.8. The summed E-state index contributed by atoms with van der Waals surface area (Å²) in [4.78, 5) is 15.2. The number of nitrogens with zero attached hydrogens (tertiary/aromatic N) is 3. The number of alkyl halides is 1. The first-order chi connectivity index (χ1) is 7.20. The van der Waals surface area contributed by atoms with Gasteiger partial charge in [-0.15, -0.1) is 11.6 Å². The van der Waals surface area contributed by atoms with Gasteiger partial charge >= 0.3 is 0 Å². The molecule has 0 aromatic carbocycles. The third kappa shape index (κ3) is 1.92. The number of carbonyl (C=O) groups is 1. The van der Waals surface area contributed by atoms with Crippen molar-refractivity contribution in [2.45, 2.75) is 6.92 Å². The maximum Gasteiger partial charge on any atom is 0.240 e. The van der Waals surface area contributed by atoms with Crippen molar-refractivity contribution < 1.29 is 4.79 Å². The molecule has 0 saturated heterocycles. The fraction of sp³-hybridized carbons (Fsp3) is 0.222. The number of rotatable bonds is 2. The Bertz CT molecular complexity index is 508. The van der Waals surface area contributed by atoms with E-state index >= 15 is 0 Å². The van der Waals surface area contributed by atoms with E-state index in [1.54, 1.807) is 16.8 Å². The minimum Gasteiger partial charge on any atom is -0.309 e. The summed E-state index contributed by atoms with van der Waals surface area (Å²) >= 11 is 5.40. The van der Waals surface area contributed by atoms with Gasteiger partial charge in [-0.2, -0.15) is 9.61 Å². The molecule has 2 heterocycles. The third-order valence-electron chi connectivity index (χ3n) is 1.87. The van der Waals surface area contributed by atoms with Gasteiger partial charge in [0, 0.05) is 12.3 Å². The van der Waals surface area contributed by atoms with Crippen LogP contribution in [0.4, 0.5) is 5.82 Å². The summed E-state index contributed by atoms with van der Waals surface area (Å²) < 4.78 is 1.57. The Labute approximate surface area is 91.1 Å². The lowest BCUT2D eigenvalue weighted by Crippen LogP contribution is -2.15. The monoisotopic (exact) mass is 224 g/mol. The molecule has 0 aliphatic rings. The van der Waals surface area contributed by atoms with Gasteiger partial charge in [0.25, 0.3) is 0 Å². The molecule has 0 saturated carbocycles. The van der Waals surface area contributed by atoms with E-state index in [9.17, 15) is 4.79 Å². The van der Waals surface area contributed by atoms with E-state index in [0.29, 0.717) is 11.5 Å². The second-order valence-electron chi connectivity index (χ2n) is 3.07. The second kappa shape index (κ2) is 3.86. The lowest BCUT2D eigenvalue weighted by molar-refractivity contribution is -0.113. The number of aromatic nitrogens is 3. The van der Waals surface area contributed by atoms with Gasteiger partial charge in [-0.3, -0.25) is 4.79 Å². The van der Waals surface area contributed by atoms with Crippen molar-refractivity contribution in [3.8, 4) is 0 Å². The molecule has 0 spiro atoms. The van der Waals surface area contributed by atoms with Crippen molar-refractivity contribution in [1.29, 1.82) is 0 Å². The van der Waals surface area contributed by atoms with Crippen molar-refractivity contribution in [3.05, 3.63) is 24.0 Å². The number of hydrogen-bond donors (Lipinski definition) is 1. The summed E-state index contributed by atoms with van der Waals surface area (Å²) in [6, 6.07) is 3.50. The molecule has 78 valence electrons. The zero-order valence-corrected chi connectivity index (χ0v) is 8.82. The van der Waals surface area contributed by atoms with Crippen LogP contribution in [-0.2, 0) is 4.79 Å². The fourth-order valence-corrected chi connectivity index (χ4v) is 1.35. The second-order valence-corrected chi connectivity index (χ2v) is 3.33. The van der Waals surface area contributed by atoms with Crippen molar-refractivity contribution in [1.82, 2.24) is 14.6 Å². The molecule has 0 atom stereocenters. The fourth-order valence-electron chi connectivity index (χ4n) is 1.28. The molecule has 0 fully saturated rings. The molecule has 2 aromatic heterocycles. The largest absolute Gasteiger partial charge is 0.309 e. The van der Waals surface area contributed by atoms with Crippen LogP contribution in [0.5, 0.6) is 0 Å². The molecule has 0 unspecified atom stereocenters. The van der Waals surface area contributed by atoms with E-state index in [4.69, 9.17) is 11.6 Å². The molecule has 0 bridgehead atoms. The topological polar surface area (TPSA) is 59.3 Å². The lowest BCUT2D eigenvalue weighted by atomic mass is 10.5. The Morgan fingerprint density at radius 1 is 1.67 bits per heavy atom. The van der Waals surface area contributed by atoms with E-state index in [1.165, 1.54) is 0 Å². The number of carbonyl (C=O) groups excluding carboxylic acids is 1. The molecular weight excluding hydrogens is 216 g/mol. The summed E-state index contributed by atoms with van der Waals surface area (Å²) in [6.45, 7) is 1.86. The highest BCUT2D eigenvalue weighted by molar-refractivity contribution is 6.29. The number of amides is 1. The van der Waals surface area contributed by atoms with Crippen LogP contribution in [0.2, 0.25) is 0 Å². The Kier molecular flexibility index (Phi) is 2.55. The Hall–Kier alpha value is -1.62. The molecule has 15 heavy (non-hydrogen) atoms. The highest BCUT2D eigenvalue weighted by atomic mass is 35.5. The molecule has 5 nitrogen and oxygen atoms in total. The van der Waals surface area contributed by atoms with Gasteiger partial charge < -0.3 is 5.32 Å². The Morgan fingerprint density at radius 2 is 2.47 bits per heavy atom. The van der Waals surface area contributed by atoms with Crippen molar-refractivity contribution in [3.63, 3.8) is 0 Å². The van der Waals surface area contributed by atoms with Crippen molar-refractivity contribution in [2.75, 3.05) is 11.2 Å². The number of anilines is 1.